The fraction of sp³-hybridized carbons (Fsp3) is 0.455. The predicted octanol–water partition coefficient (Wildman–Crippen LogP) is 1.29. The summed E-state index contributed by atoms with van der Waals surface area (Å²) >= 11 is 0. The summed E-state index contributed by atoms with van der Waals surface area (Å²) < 4.78 is 5.42. The molecule has 1 aliphatic heterocycles. The number of aromatic nitrogens is 1. The van der Waals surface area contributed by atoms with Gasteiger partial charge >= 0.3 is 0 Å². The van der Waals surface area contributed by atoms with E-state index in [0.29, 0.717) is 5.56 Å². The molecule has 1 amide bonds. The molecule has 1 unspecified atom stereocenters. The summed E-state index contributed by atoms with van der Waals surface area (Å²) in [5.41, 5.74) is 0.669. The zero-order chi connectivity index (χ0) is 10.7. The van der Waals surface area contributed by atoms with Crippen molar-refractivity contribution in [1.82, 2.24) is 9.88 Å². The molecular formula is C11H14N2O2. The van der Waals surface area contributed by atoms with Gasteiger partial charge < -0.3 is 9.64 Å². The minimum absolute atomic E-state index is 0.0181. The molecule has 4 nitrogen and oxygen atoms in total. The van der Waals surface area contributed by atoms with Crippen molar-refractivity contribution in [2.24, 2.45) is 0 Å². The molecule has 4 heteroatoms. The normalized spacial score (nSPS) is 21.4. The Balaban J connectivity index is 2.13. The quantitative estimate of drug-likeness (QED) is 0.695. The lowest BCUT2D eigenvalue weighted by molar-refractivity contribution is -0.0661. The van der Waals surface area contributed by atoms with Crippen LogP contribution in [0.25, 0.3) is 0 Å². The number of carbonyl (C=O) groups is 1. The molecule has 1 aliphatic rings. The van der Waals surface area contributed by atoms with Crippen LogP contribution in [0.2, 0.25) is 0 Å². The number of amides is 1. The van der Waals surface area contributed by atoms with Crippen LogP contribution in [0.15, 0.2) is 24.5 Å². The largest absolute Gasteiger partial charge is 0.359 e. The van der Waals surface area contributed by atoms with E-state index in [1.54, 1.807) is 29.4 Å². The highest BCUT2D eigenvalue weighted by molar-refractivity contribution is 5.94. The van der Waals surface area contributed by atoms with Crippen LogP contribution >= 0.6 is 0 Å². The Morgan fingerprint density at radius 2 is 2.27 bits per heavy atom. The van der Waals surface area contributed by atoms with Gasteiger partial charge in [-0.2, -0.15) is 0 Å². The second kappa shape index (κ2) is 4.40. The first-order chi connectivity index (χ1) is 7.29. The van der Waals surface area contributed by atoms with Crippen molar-refractivity contribution < 1.29 is 9.53 Å². The highest BCUT2D eigenvalue weighted by Crippen LogP contribution is 2.13. The van der Waals surface area contributed by atoms with Gasteiger partial charge in [0.25, 0.3) is 5.91 Å². The molecule has 1 aromatic heterocycles. The molecule has 0 bridgehead atoms. The summed E-state index contributed by atoms with van der Waals surface area (Å²) in [5, 5.41) is 0. The van der Waals surface area contributed by atoms with Crippen molar-refractivity contribution in [2.75, 3.05) is 13.2 Å². The Labute approximate surface area is 88.9 Å². The number of hydrogen-bond donors (Lipinski definition) is 0. The molecule has 1 atom stereocenters. The molecule has 1 fully saturated rings. The van der Waals surface area contributed by atoms with Crippen LogP contribution in [0.1, 0.15) is 23.7 Å². The maximum atomic E-state index is 12.0. The van der Waals surface area contributed by atoms with E-state index in [1.807, 2.05) is 6.92 Å². The molecular weight excluding hydrogens is 192 g/mol. The van der Waals surface area contributed by atoms with Crippen LogP contribution in [0.4, 0.5) is 0 Å². The average molecular weight is 206 g/mol. The second-order valence-corrected chi connectivity index (χ2v) is 3.56. The van der Waals surface area contributed by atoms with Gasteiger partial charge in [-0.3, -0.25) is 9.78 Å². The molecule has 1 aromatic rings. The number of hydrogen-bond acceptors (Lipinski definition) is 3. The van der Waals surface area contributed by atoms with Crippen molar-refractivity contribution in [3.8, 4) is 0 Å². The highest BCUT2D eigenvalue weighted by Gasteiger charge is 2.24. The summed E-state index contributed by atoms with van der Waals surface area (Å²) in [6.07, 6.45) is 4.03. The molecule has 2 heterocycles. The molecule has 0 aromatic carbocycles. The molecule has 0 aliphatic carbocycles. The second-order valence-electron chi connectivity index (χ2n) is 3.56. The van der Waals surface area contributed by atoms with Gasteiger partial charge in [-0.15, -0.1) is 0 Å². The predicted molar refractivity (Wildman–Crippen MR) is 55.3 cm³/mol. The summed E-state index contributed by atoms with van der Waals surface area (Å²) in [4.78, 5) is 17.7. The van der Waals surface area contributed by atoms with Crippen molar-refractivity contribution in [3.63, 3.8) is 0 Å². The minimum Gasteiger partial charge on any atom is -0.359 e. The molecule has 15 heavy (non-hydrogen) atoms. The zero-order valence-electron chi connectivity index (χ0n) is 8.72. The summed E-state index contributed by atoms with van der Waals surface area (Å²) in [7, 11) is 0. The van der Waals surface area contributed by atoms with E-state index in [4.69, 9.17) is 4.74 Å². The van der Waals surface area contributed by atoms with Crippen molar-refractivity contribution >= 4 is 5.91 Å². The first kappa shape index (κ1) is 10.1. The third-order valence-electron chi connectivity index (χ3n) is 2.53. The van der Waals surface area contributed by atoms with E-state index in [9.17, 15) is 4.79 Å². The zero-order valence-corrected chi connectivity index (χ0v) is 8.72. The Bertz CT molecular complexity index is 340. The Hall–Kier alpha value is -1.42. The lowest BCUT2D eigenvalue weighted by atomic mass is 10.2. The third-order valence-corrected chi connectivity index (χ3v) is 2.53. The summed E-state index contributed by atoms with van der Waals surface area (Å²) in [6.45, 7) is 3.40. The number of carbonyl (C=O) groups excluding carboxylic acids is 1. The van der Waals surface area contributed by atoms with Crippen LogP contribution in [0, 0.1) is 0 Å². The molecule has 2 rings (SSSR count). The van der Waals surface area contributed by atoms with Crippen molar-refractivity contribution in [1.29, 1.82) is 0 Å². The Morgan fingerprint density at radius 1 is 1.53 bits per heavy atom. The van der Waals surface area contributed by atoms with Gasteiger partial charge in [-0.1, -0.05) is 0 Å². The maximum absolute atomic E-state index is 12.0. The van der Waals surface area contributed by atoms with Gasteiger partial charge in [-0.05, 0) is 25.5 Å². The minimum atomic E-state index is -0.126. The van der Waals surface area contributed by atoms with Gasteiger partial charge in [0.05, 0.1) is 6.61 Å². The topological polar surface area (TPSA) is 42.4 Å². The van der Waals surface area contributed by atoms with E-state index in [0.717, 1.165) is 19.6 Å². The lowest BCUT2D eigenvalue weighted by Gasteiger charge is -2.33. The fourth-order valence-corrected chi connectivity index (χ4v) is 1.69. The number of nitrogens with zero attached hydrogens (tertiary/aromatic N) is 2. The summed E-state index contributed by atoms with van der Waals surface area (Å²) in [5.74, 6) is 0.0181. The van der Waals surface area contributed by atoms with Gasteiger partial charge in [0.2, 0.25) is 0 Å². The average Bonchev–Trinajstić information content (AvgIpc) is 2.30. The summed E-state index contributed by atoms with van der Waals surface area (Å²) in [6, 6.07) is 3.45. The smallest absolute Gasteiger partial charge is 0.255 e. The molecule has 0 saturated carbocycles. The SMILES string of the molecule is CC1OCCCN1C(=O)c1ccncc1. The highest BCUT2D eigenvalue weighted by atomic mass is 16.5. The van der Waals surface area contributed by atoms with E-state index >= 15 is 0 Å². The molecule has 0 radical (unpaired) electrons. The maximum Gasteiger partial charge on any atom is 0.255 e. The molecule has 0 N–H and O–H groups in total. The standard InChI is InChI=1S/C11H14N2O2/c1-9-13(7-2-8-15-9)11(14)10-3-5-12-6-4-10/h3-6,9H,2,7-8H2,1H3. The number of ether oxygens (including phenoxy) is 1. The Morgan fingerprint density at radius 3 is 2.93 bits per heavy atom. The van der Waals surface area contributed by atoms with Gasteiger partial charge in [0.1, 0.15) is 6.23 Å². The van der Waals surface area contributed by atoms with Crippen LogP contribution in [-0.2, 0) is 4.74 Å². The third kappa shape index (κ3) is 2.15. The van der Waals surface area contributed by atoms with Gasteiger partial charge in [0.15, 0.2) is 0 Å². The molecule has 0 spiro atoms. The lowest BCUT2D eigenvalue weighted by Crippen LogP contribution is -2.44. The van der Waals surface area contributed by atoms with Crippen LogP contribution in [0.5, 0.6) is 0 Å². The van der Waals surface area contributed by atoms with E-state index < -0.39 is 0 Å². The van der Waals surface area contributed by atoms with Gasteiger partial charge in [0, 0.05) is 24.5 Å². The van der Waals surface area contributed by atoms with Crippen molar-refractivity contribution in [3.05, 3.63) is 30.1 Å². The first-order valence-electron chi connectivity index (χ1n) is 5.11. The van der Waals surface area contributed by atoms with E-state index in [-0.39, 0.29) is 12.1 Å². The van der Waals surface area contributed by atoms with E-state index in [1.165, 1.54) is 0 Å². The monoisotopic (exact) mass is 206 g/mol. The molecule has 80 valence electrons. The van der Waals surface area contributed by atoms with Crippen LogP contribution in [-0.4, -0.2) is 35.2 Å². The molecule has 1 saturated heterocycles. The van der Waals surface area contributed by atoms with Crippen molar-refractivity contribution in [2.45, 2.75) is 19.6 Å². The fourth-order valence-electron chi connectivity index (χ4n) is 1.69. The number of rotatable bonds is 1. The van der Waals surface area contributed by atoms with Crippen LogP contribution < -0.4 is 0 Å². The van der Waals surface area contributed by atoms with E-state index in [2.05, 4.69) is 4.98 Å². The number of pyridine rings is 1. The van der Waals surface area contributed by atoms with Crippen LogP contribution in [0.3, 0.4) is 0 Å². The first-order valence-corrected chi connectivity index (χ1v) is 5.11. The van der Waals surface area contributed by atoms with Gasteiger partial charge in [-0.25, -0.2) is 0 Å². The Kier molecular flexibility index (Phi) is 2.97.